The van der Waals surface area contributed by atoms with Crippen molar-refractivity contribution in [3.05, 3.63) is 65.6 Å². The summed E-state index contributed by atoms with van der Waals surface area (Å²) in [6.07, 6.45) is 5.59. The summed E-state index contributed by atoms with van der Waals surface area (Å²) >= 11 is 1.55. The summed E-state index contributed by atoms with van der Waals surface area (Å²) in [4.78, 5) is 16.8. The molecule has 4 rings (SSSR count). The summed E-state index contributed by atoms with van der Waals surface area (Å²) in [5.74, 6) is 7.28. The molecule has 6 heteroatoms. The first-order valence-electron chi connectivity index (χ1n) is 9.03. The third-order valence-electron chi connectivity index (χ3n) is 4.52. The molecule has 0 spiro atoms. The van der Waals surface area contributed by atoms with Crippen molar-refractivity contribution in [2.75, 3.05) is 11.9 Å². The number of pyridine rings is 2. The molecular weight excluding hydrogens is 366 g/mol. The van der Waals surface area contributed by atoms with Crippen molar-refractivity contribution < 1.29 is 0 Å². The van der Waals surface area contributed by atoms with Crippen molar-refractivity contribution in [3.8, 4) is 22.5 Å². The van der Waals surface area contributed by atoms with Crippen LogP contribution >= 0.6 is 11.3 Å². The van der Waals surface area contributed by atoms with Crippen LogP contribution in [-0.4, -0.2) is 31.9 Å². The lowest BCUT2D eigenvalue weighted by atomic mass is 10.1. The van der Waals surface area contributed by atoms with E-state index in [0.717, 1.165) is 32.7 Å². The van der Waals surface area contributed by atoms with Gasteiger partial charge in [0.25, 0.3) is 0 Å². The molecule has 4 heterocycles. The Hall–Kier alpha value is -3.17. The van der Waals surface area contributed by atoms with Crippen molar-refractivity contribution in [3.63, 3.8) is 0 Å². The Morgan fingerprint density at radius 2 is 1.86 bits per heavy atom. The molecule has 4 aromatic heterocycles. The maximum absolute atomic E-state index is 4.86. The van der Waals surface area contributed by atoms with Gasteiger partial charge in [-0.25, -0.2) is 15.0 Å². The van der Waals surface area contributed by atoms with E-state index in [4.69, 9.17) is 4.98 Å². The highest BCUT2D eigenvalue weighted by molar-refractivity contribution is 7.15. The summed E-state index contributed by atoms with van der Waals surface area (Å²) in [6, 6.07) is 11.7. The van der Waals surface area contributed by atoms with E-state index in [9.17, 15) is 0 Å². The maximum Gasteiger partial charge on any atom is 0.146 e. The van der Waals surface area contributed by atoms with Gasteiger partial charge in [-0.1, -0.05) is 12.1 Å². The lowest BCUT2D eigenvalue weighted by molar-refractivity contribution is 0.533. The predicted octanol–water partition coefficient (Wildman–Crippen LogP) is 4.49. The van der Waals surface area contributed by atoms with E-state index in [0.29, 0.717) is 0 Å². The lowest BCUT2D eigenvalue weighted by Gasteiger charge is -2.33. The van der Waals surface area contributed by atoms with E-state index in [1.807, 2.05) is 42.6 Å². The second-order valence-corrected chi connectivity index (χ2v) is 8.47. The number of hydrogen-bond donors (Lipinski definition) is 0. The van der Waals surface area contributed by atoms with Gasteiger partial charge >= 0.3 is 0 Å². The van der Waals surface area contributed by atoms with Gasteiger partial charge in [-0.2, -0.15) is 0 Å². The number of aromatic nitrogens is 4. The van der Waals surface area contributed by atoms with Gasteiger partial charge in [-0.3, -0.25) is 4.40 Å². The van der Waals surface area contributed by atoms with E-state index in [1.54, 1.807) is 23.7 Å². The van der Waals surface area contributed by atoms with Crippen LogP contribution in [-0.2, 0) is 0 Å². The van der Waals surface area contributed by atoms with E-state index in [2.05, 4.69) is 58.9 Å². The minimum absolute atomic E-state index is 0.0561. The molecule has 0 radical (unpaired) electrons. The Morgan fingerprint density at radius 3 is 2.61 bits per heavy atom. The molecule has 0 saturated heterocycles. The van der Waals surface area contributed by atoms with Crippen LogP contribution in [0.1, 0.15) is 31.3 Å². The molecule has 0 bridgehead atoms. The van der Waals surface area contributed by atoms with Crippen LogP contribution in [0.25, 0.3) is 16.3 Å². The number of thiazole rings is 1. The van der Waals surface area contributed by atoms with E-state index >= 15 is 0 Å². The highest BCUT2D eigenvalue weighted by atomic mass is 32.1. The number of fused-ring (bicyclic) bond motifs is 1. The molecule has 28 heavy (non-hydrogen) atoms. The van der Waals surface area contributed by atoms with Gasteiger partial charge in [0.1, 0.15) is 27.9 Å². The van der Waals surface area contributed by atoms with Crippen molar-refractivity contribution >= 4 is 22.8 Å². The molecule has 0 fully saturated rings. The van der Waals surface area contributed by atoms with Crippen molar-refractivity contribution in [2.24, 2.45) is 0 Å². The number of hydrogen-bond acceptors (Lipinski definition) is 5. The van der Waals surface area contributed by atoms with Gasteiger partial charge in [-0.15, -0.1) is 11.3 Å². The molecule has 0 aromatic carbocycles. The minimum Gasteiger partial charge on any atom is -0.354 e. The van der Waals surface area contributed by atoms with Gasteiger partial charge in [-0.05, 0) is 56.9 Å². The zero-order valence-electron chi connectivity index (χ0n) is 16.3. The average molecular weight is 388 g/mol. The average Bonchev–Trinajstić information content (AvgIpc) is 3.30. The fourth-order valence-corrected chi connectivity index (χ4v) is 3.52. The highest BCUT2D eigenvalue weighted by Gasteiger charge is 2.26. The number of anilines is 1. The highest BCUT2D eigenvalue weighted by Crippen LogP contribution is 2.36. The van der Waals surface area contributed by atoms with Crippen LogP contribution in [0.4, 0.5) is 5.82 Å². The van der Waals surface area contributed by atoms with Crippen LogP contribution in [0.5, 0.6) is 0 Å². The first-order chi connectivity index (χ1) is 13.4. The third-order valence-corrected chi connectivity index (χ3v) is 5.44. The predicted molar refractivity (Wildman–Crippen MR) is 115 cm³/mol. The zero-order chi connectivity index (χ0) is 19.7. The van der Waals surface area contributed by atoms with E-state index < -0.39 is 0 Å². The smallest absolute Gasteiger partial charge is 0.146 e. The Kier molecular flexibility index (Phi) is 4.62. The summed E-state index contributed by atoms with van der Waals surface area (Å²) in [5, 5.41) is 0.861. The Bertz CT molecular complexity index is 1170. The van der Waals surface area contributed by atoms with Gasteiger partial charge in [0.05, 0.1) is 11.1 Å². The van der Waals surface area contributed by atoms with Crippen molar-refractivity contribution in [1.82, 2.24) is 19.4 Å². The Balaban J connectivity index is 1.78. The monoisotopic (exact) mass is 387 g/mol. The first-order valence-corrected chi connectivity index (χ1v) is 9.85. The molecule has 0 amide bonds. The van der Waals surface area contributed by atoms with Gasteiger partial charge in [0.15, 0.2) is 0 Å². The van der Waals surface area contributed by atoms with Crippen LogP contribution < -0.4 is 4.90 Å². The second-order valence-electron chi connectivity index (χ2n) is 7.44. The summed E-state index contributed by atoms with van der Waals surface area (Å²) < 4.78 is 2.11. The number of nitrogens with zero attached hydrogens (tertiary/aromatic N) is 5. The minimum atomic E-state index is -0.0561. The molecule has 0 aliphatic heterocycles. The van der Waals surface area contributed by atoms with Crippen molar-refractivity contribution in [2.45, 2.75) is 26.3 Å². The Labute approximate surface area is 168 Å². The molecule has 4 aromatic rings. The molecule has 0 aliphatic rings. The first kappa shape index (κ1) is 18.2. The van der Waals surface area contributed by atoms with E-state index in [1.165, 1.54) is 0 Å². The number of rotatable bonds is 2. The molecule has 0 atom stereocenters. The largest absolute Gasteiger partial charge is 0.354 e. The maximum atomic E-state index is 4.86. The van der Waals surface area contributed by atoms with Crippen LogP contribution in [0, 0.1) is 11.8 Å². The lowest BCUT2D eigenvalue weighted by Crippen LogP contribution is -2.39. The van der Waals surface area contributed by atoms with Gasteiger partial charge < -0.3 is 4.90 Å². The topological polar surface area (TPSA) is 46.3 Å². The molecule has 0 unspecified atom stereocenters. The van der Waals surface area contributed by atoms with E-state index in [-0.39, 0.29) is 5.54 Å². The molecule has 0 aliphatic carbocycles. The second kappa shape index (κ2) is 7.10. The van der Waals surface area contributed by atoms with Gasteiger partial charge in [0.2, 0.25) is 0 Å². The molecule has 0 N–H and O–H groups in total. The van der Waals surface area contributed by atoms with Crippen LogP contribution in [0.2, 0.25) is 0 Å². The molecule has 5 nitrogen and oxygen atoms in total. The quantitative estimate of drug-likeness (QED) is 0.476. The molecule has 140 valence electrons. The summed E-state index contributed by atoms with van der Waals surface area (Å²) in [5.41, 5.74) is 2.47. The Morgan fingerprint density at radius 1 is 1.04 bits per heavy atom. The fourth-order valence-electron chi connectivity index (χ4n) is 2.77. The summed E-state index contributed by atoms with van der Waals surface area (Å²) in [6.45, 7) is 6.56. The molecule has 0 saturated carbocycles. The third kappa shape index (κ3) is 3.49. The zero-order valence-corrected chi connectivity index (χ0v) is 17.2. The van der Waals surface area contributed by atoms with Gasteiger partial charge in [0, 0.05) is 25.0 Å². The van der Waals surface area contributed by atoms with Crippen molar-refractivity contribution in [1.29, 1.82) is 0 Å². The fraction of sp³-hybridized carbons (Fsp3) is 0.227. The SMILES string of the molecule is CN(c1c(-c2ncc(C#Cc3ccccn3)s2)nc2ccccn12)C(C)(C)C. The number of imidazole rings is 1. The standard InChI is InChI=1S/C22H21N5S/c1-22(2,3)26(4)21-19(25-18-10-6-8-14-27(18)21)20-24-15-17(28-20)12-11-16-9-5-7-13-23-16/h5-10,13-15H,1-4H3. The molecular formula is C22H21N5S. The van der Waals surface area contributed by atoms with Crippen LogP contribution in [0.15, 0.2) is 55.0 Å². The normalized spacial score (nSPS) is 11.3. The van der Waals surface area contributed by atoms with Crippen LogP contribution in [0.3, 0.4) is 0 Å². The summed E-state index contributed by atoms with van der Waals surface area (Å²) in [7, 11) is 2.09.